The second kappa shape index (κ2) is 6.14. The summed E-state index contributed by atoms with van der Waals surface area (Å²) in [5.41, 5.74) is 0.224. The Bertz CT molecular complexity index is 864. The number of fused-ring (bicyclic) bond motifs is 1. The third-order valence-electron chi connectivity index (χ3n) is 2.95. The summed E-state index contributed by atoms with van der Waals surface area (Å²) in [5, 5.41) is 8.77. The number of pyridine rings is 1. The Kier molecular flexibility index (Phi) is 4.02. The first-order chi connectivity index (χ1) is 11.4. The van der Waals surface area contributed by atoms with Crippen LogP contribution < -0.4 is 10.1 Å². The summed E-state index contributed by atoms with van der Waals surface area (Å²) in [6.07, 6.45) is -3.30. The van der Waals surface area contributed by atoms with Crippen molar-refractivity contribution in [1.82, 2.24) is 20.2 Å². The number of rotatable bonds is 4. The molecule has 0 unspecified atom stereocenters. The molecular formula is C14H10F3N5O2. The molecule has 0 spiro atoms. The maximum absolute atomic E-state index is 12.4. The minimum absolute atomic E-state index is 0.0827. The first-order valence-corrected chi connectivity index (χ1v) is 6.68. The Hall–Kier alpha value is -3.17. The summed E-state index contributed by atoms with van der Waals surface area (Å²) >= 11 is 0. The summed E-state index contributed by atoms with van der Waals surface area (Å²) in [6, 6.07) is 7.58. The highest BCUT2D eigenvalue weighted by molar-refractivity contribution is 6.04. The lowest BCUT2D eigenvalue weighted by atomic mass is 10.1. The molecule has 3 aromatic rings. The summed E-state index contributed by atoms with van der Waals surface area (Å²) in [4.78, 5) is 20.0. The van der Waals surface area contributed by atoms with Gasteiger partial charge in [0.1, 0.15) is 17.8 Å². The highest BCUT2D eigenvalue weighted by Gasteiger charge is 2.29. The predicted octanol–water partition coefficient (Wildman–Crippen LogP) is 2.55. The number of nitrogens with one attached hydrogen (secondary N) is 2. The van der Waals surface area contributed by atoms with Crippen LogP contribution in [0, 0.1) is 0 Å². The molecular weight excluding hydrogens is 327 g/mol. The topological polar surface area (TPSA) is 92.8 Å². The van der Waals surface area contributed by atoms with Crippen LogP contribution in [0.5, 0.6) is 5.75 Å². The smallest absolute Gasteiger partial charge is 0.422 e. The number of H-pyrrole nitrogens is 1. The zero-order chi connectivity index (χ0) is 17.2. The molecule has 2 heterocycles. The fourth-order valence-corrected chi connectivity index (χ4v) is 1.98. The van der Waals surface area contributed by atoms with E-state index in [0.29, 0.717) is 10.9 Å². The minimum atomic E-state index is -4.49. The van der Waals surface area contributed by atoms with Gasteiger partial charge in [-0.25, -0.2) is 10.1 Å². The number of nitrogens with zero attached hydrogens (tertiary/aromatic N) is 3. The van der Waals surface area contributed by atoms with E-state index in [0.717, 1.165) is 6.07 Å². The number of halogens is 3. The highest BCUT2D eigenvalue weighted by atomic mass is 19.4. The molecule has 24 heavy (non-hydrogen) atoms. The molecule has 3 rings (SSSR count). The third-order valence-corrected chi connectivity index (χ3v) is 2.95. The Labute approximate surface area is 132 Å². The van der Waals surface area contributed by atoms with Crippen molar-refractivity contribution in [2.24, 2.45) is 0 Å². The Balaban J connectivity index is 1.95. The summed E-state index contributed by atoms with van der Waals surface area (Å²) in [5.74, 6) is -0.650. The van der Waals surface area contributed by atoms with Crippen molar-refractivity contribution < 1.29 is 22.7 Å². The number of carbonyl (C=O) groups excluding carboxylic acids is 1. The molecule has 0 bridgehead atoms. The third kappa shape index (κ3) is 3.59. The number of alkyl halides is 3. The van der Waals surface area contributed by atoms with Crippen LogP contribution in [-0.2, 0) is 0 Å². The van der Waals surface area contributed by atoms with Gasteiger partial charge in [-0.2, -0.15) is 23.3 Å². The molecule has 0 aliphatic heterocycles. The highest BCUT2D eigenvalue weighted by Crippen LogP contribution is 2.27. The van der Waals surface area contributed by atoms with Gasteiger partial charge in [0.05, 0.1) is 5.52 Å². The number of aromatic amines is 1. The quantitative estimate of drug-likeness (QED) is 0.763. The number of aromatic nitrogens is 4. The molecule has 0 radical (unpaired) electrons. The summed E-state index contributed by atoms with van der Waals surface area (Å²) < 4.78 is 42.1. The number of anilines is 1. The van der Waals surface area contributed by atoms with Crippen LogP contribution in [-0.4, -0.2) is 38.9 Å². The van der Waals surface area contributed by atoms with Crippen LogP contribution in [0.15, 0.2) is 36.7 Å². The van der Waals surface area contributed by atoms with Gasteiger partial charge in [-0.05, 0) is 12.1 Å². The molecule has 7 nitrogen and oxygen atoms in total. The van der Waals surface area contributed by atoms with Crippen LogP contribution in [0.2, 0.25) is 0 Å². The fourth-order valence-electron chi connectivity index (χ4n) is 1.98. The lowest BCUT2D eigenvalue weighted by Crippen LogP contribution is -2.20. The molecule has 0 saturated heterocycles. The van der Waals surface area contributed by atoms with Gasteiger partial charge >= 0.3 is 6.18 Å². The first-order valence-electron chi connectivity index (χ1n) is 6.68. The van der Waals surface area contributed by atoms with E-state index in [1.807, 2.05) is 0 Å². The van der Waals surface area contributed by atoms with E-state index in [2.05, 4.69) is 25.5 Å². The Morgan fingerprint density at radius 3 is 2.79 bits per heavy atom. The SMILES string of the molecule is O=C(Nc1ncn[nH]1)c1cc(OCC(F)(F)F)c2ccccc2n1. The zero-order valence-electron chi connectivity index (χ0n) is 12.0. The van der Waals surface area contributed by atoms with Crippen molar-refractivity contribution >= 4 is 22.8 Å². The molecule has 0 aliphatic carbocycles. The lowest BCUT2D eigenvalue weighted by molar-refractivity contribution is -0.153. The molecule has 124 valence electrons. The van der Waals surface area contributed by atoms with Crippen molar-refractivity contribution in [3.8, 4) is 5.75 Å². The van der Waals surface area contributed by atoms with Gasteiger partial charge in [0.15, 0.2) is 6.61 Å². The second-order valence-corrected chi connectivity index (χ2v) is 4.71. The number of para-hydroxylation sites is 1. The van der Waals surface area contributed by atoms with Gasteiger partial charge in [0.25, 0.3) is 5.91 Å². The molecule has 1 aromatic carbocycles. The maximum atomic E-state index is 12.4. The molecule has 0 fully saturated rings. The molecule has 10 heteroatoms. The van der Waals surface area contributed by atoms with Gasteiger partial charge in [0.2, 0.25) is 5.95 Å². The molecule has 0 atom stereocenters. The number of hydrogen-bond acceptors (Lipinski definition) is 5. The number of benzene rings is 1. The van der Waals surface area contributed by atoms with Crippen LogP contribution in [0.25, 0.3) is 10.9 Å². The maximum Gasteiger partial charge on any atom is 0.422 e. The Morgan fingerprint density at radius 2 is 2.08 bits per heavy atom. The zero-order valence-corrected chi connectivity index (χ0v) is 12.0. The van der Waals surface area contributed by atoms with Crippen molar-refractivity contribution in [2.75, 3.05) is 11.9 Å². The summed E-state index contributed by atoms with van der Waals surface area (Å²) in [7, 11) is 0. The summed E-state index contributed by atoms with van der Waals surface area (Å²) in [6.45, 7) is -1.47. The molecule has 2 aromatic heterocycles. The Morgan fingerprint density at radius 1 is 1.29 bits per heavy atom. The largest absolute Gasteiger partial charge is 0.483 e. The van der Waals surface area contributed by atoms with Crippen LogP contribution in [0.1, 0.15) is 10.5 Å². The van der Waals surface area contributed by atoms with Crippen LogP contribution in [0.3, 0.4) is 0 Å². The van der Waals surface area contributed by atoms with Gasteiger partial charge in [-0.1, -0.05) is 12.1 Å². The molecule has 1 amide bonds. The molecule has 0 aliphatic rings. The number of ether oxygens (including phenoxy) is 1. The van der Waals surface area contributed by atoms with E-state index >= 15 is 0 Å². The molecule has 2 N–H and O–H groups in total. The fraction of sp³-hybridized carbons (Fsp3) is 0.143. The second-order valence-electron chi connectivity index (χ2n) is 4.71. The van der Waals surface area contributed by atoms with Crippen molar-refractivity contribution in [2.45, 2.75) is 6.18 Å². The predicted molar refractivity (Wildman–Crippen MR) is 77.6 cm³/mol. The van der Waals surface area contributed by atoms with E-state index < -0.39 is 18.7 Å². The monoisotopic (exact) mass is 337 g/mol. The van der Waals surface area contributed by atoms with E-state index in [9.17, 15) is 18.0 Å². The van der Waals surface area contributed by atoms with E-state index in [4.69, 9.17) is 4.74 Å². The first kappa shape index (κ1) is 15.7. The van der Waals surface area contributed by atoms with Crippen LogP contribution in [0.4, 0.5) is 19.1 Å². The average Bonchev–Trinajstić information content (AvgIpc) is 3.04. The van der Waals surface area contributed by atoms with Gasteiger partial charge in [-0.15, -0.1) is 0 Å². The van der Waals surface area contributed by atoms with E-state index in [1.54, 1.807) is 24.3 Å². The van der Waals surface area contributed by atoms with Gasteiger partial charge < -0.3 is 4.74 Å². The van der Waals surface area contributed by atoms with Crippen molar-refractivity contribution in [3.63, 3.8) is 0 Å². The van der Waals surface area contributed by atoms with Gasteiger partial charge in [0, 0.05) is 11.5 Å². The standard InChI is InChI=1S/C14H10F3N5O2/c15-14(16,17)6-24-11-5-10(12(23)21-13-18-7-19-22-13)20-9-4-2-1-3-8(9)11/h1-5,7H,6H2,(H2,18,19,21,22,23). The van der Waals surface area contributed by atoms with Crippen molar-refractivity contribution in [3.05, 3.63) is 42.4 Å². The number of amides is 1. The van der Waals surface area contributed by atoms with Crippen LogP contribution >= 0.6 is 0 Å². The minimum Gasteiger partial charge on any atom is -0.483 e. The number of hydrogen-bond donors (Lipinski definition) is 2. The number of carbonyl (C=O) groups is 1. The lowest BCUT2D eigenvalue weighted by Gasteiger charge is -2.12. The normalized spacial score (nSPS) is 11.5. The van der Waals surface area contributed by atoms with Gasteiger partial charge in [-0.3, -0.25) is 10.1 Å². The molecule has 0 saturated carbocycles. The van der Waals surface area contributed by atoms with E-state index in [-0.39, 0.29) is 17.4 Å². The average molecular weight is 337 g/mol. The van der Waals surface area contributed by atoms with E-state index in [1.165, 1.54) is 6.33 Å². The van der Waals surface area contributed by atoms with Crippen molar-refractivity contribution in [1.29, 1.82) is 0 Å².